The lowest BCUT2D eigenvalue weighted by molar-refractivity contribution is 0.740. The first kappa shape index (κ1) is 11.9. The smallest absolute Gasteiger partial charge is 0.0510 e. The van der Waals surface area contributed by atoms with E-state index in [-0.39, 0.29) is 0 Å². The van der Waals surface area contributed by atoms with Gasteiger partial charge in [0.2, 0.25) is 0 Å². The highest BCUT2D eigenvalue weighted by Crippen LogP contribution is 2.34. The molecule has 1 fully saturated rings. The number of benzene rings is 1. The normalized spacial score (nSPS) is 15.2. The van der Waals surface area contributed by atoms with Crippen LogP contribution >= 0.6 is 15.9 Å². The molecule has 0 aromatic heterocycles. The molecule has 1 aromatic rings. The van der Waals surface area contributed by atoms with Gasteiger partial charge < -0.3 is 10.6 Å². The first-order chi connectivity index (χ1) is 7.74. The molecule has 1 saturated carbocycles. The molecule has 0 spiro atoms. The molecule has 1 aliphatic carbocycles. The number of rotatable bonds is 5. The fraction of sp³-hybridized carbons (Fsp3) is 0.538. The molecule has 0 unspecified atom stereocenters. The molecule has 1 aromatic carbocycles. The van der Waals surface area contributed by atoms with Crippen molar-refractivity contribution < 1.29 is 0 Å². The van der Waals surface area contributed by atoms with Crippen molar-refractivity contribution in [3.8, 4) is 0 Å². The van der Waals surface area contributed by atoms with Crippen LogP contribution in [0.15, 0.2) is 22.7 Å². The van der Waals surface area contributed by atoms with Gasteiger partial charge in [-0.2, -0.15) is 0 Å². The molecule has 3 heteroatoms. The van der Waals surface area contributed by atoms with E-state index in [1.165, 1.54) is 30.6 Å². The Kier molecular flexibility index (Phi) is 3.87. The number of nitrogens with zero attached hydrogens (tertiary/aromatic N) is 1. The third-order valence-electron chi connectivity index (χ3n) is 3.15. The number of hydrogen-bond donors (Lipinski definition) is 1. The van der Waals surface area contributed by atoms with Crippen LogP contribution in [0, 0.1) is 5.92 Å². The minimum atomic E-state index is 0.605. The van der Waals surface area contributed by atoms with E-state index in [4.69, 9.17) is 5.73 Å². The van der Waals surface area contributed by atoms with Crippen LogP contribution in [0.4, 0.5) is 5.69 Å². The topological polar surface area (TPSA) is 29.3 Å². The molecule has 0 aliphatic heterocycles. The third-order valence-corrected chi connectivity index (χ3v) is 3.78. The van der Waals surface area contributed by atoms with Crippen molar-refractivity contribution in [3.05, 3.63) is 28.2 Å². The molecule has 88 valence electrons. The molecule has 0 bridgehead atoms. The second kappa shape index (κ2) is 5.19. The van der Waals surface area contributed by atoms with Gasteiger partial charge in [-0.25, -0.2) is 0 Å². The van der Waals surface area contributed by atoms with Crippen LogP contribution in [0.2, 0.25) is 0 Å². The molecular weight excluding hydrogens is 264 g/mol. The predicted octanol–water partition coefficient (Wildman–Crippen LogP) is 3.14. The van der Waals surface area contributed by atoms with Gasteiger partial charge in [0, 0.05) is 24.1 Å². The van der Waals surface area contributed by atoms with Gasteiger partial charge in [-0.15, -0.1) is 0 Å². The summed E-state index contributed by atoms with van der Waals surface area (Å²) in [5, 5.41) is 0. The number of nitrogens with two attached hydrogens (primary N) is 1. The number of hydrogen-bond acceptors (Lipinski definition) is 2. The molecule has 2 rings (SSSR count). The van der Waals surface area contributed by atoms with Crippen LogP contribution in [-0.2, 0) is 6.54 Å². The Hall–Kier alpha value is -0.540. The second-order valence-corrected chi connectivity index (χ2v) is 5.33. The Labute approximate surface area is 106 Å². The molecule has 16 heavy (non-hydrogen) atoms. The first-order valence-corrected chi connectivity index (χ1v) is 6.77. The maximum atomic E-state index is 5.63. The van der Waals surface area contributed by atoms with E-state index >= 15 is 0 Å². The molecule has 0 radical (unpaired) electrons. The summed E-state index contributed by atoms with van der Waals surface area (Å²) in [5.41, 5.74) is 8.11. The lowest BCUT2D eigenvalue weighted by atomic mass is 10.2. The van der Waals surface area contributed by atoms with E-state index in [0.717, 1.165) is 16.9 Å². The number of halogens is 1. The van der Waals surface area contributed by atoms with E-state index in [1.807, 2.05) is 0 Å². The quantitative estimate of drug-likeness (QED) is 0.899. The highest BCUT2D eigenvalue weighted by atomic mass is 79.9. The summed E-state index contributed by atoms with van der Waals surface area (Å²) in [6.45, 7) is 5.08. The van der Waals surface area contributed by atoms with Crippen molar-refractivity contribution in [2.45, 2.75) is 26.3 Å². The molecule has 1 aliphatic rings. The lowest BCUT2D eigenvalue weighted by Gasteiger charge is -2.24. The molecule has 2 nitrogen and oxygen atoms in total. The minimum Gasteiger partial charge on any atom is -0.371 e. The molecule has 2 N–H and O–H groups in total. The molecule has 0 heterocycles. The van der Waals surface area contributed by atoms with E-state index < -0.39 is 0 Å². The largest absolute Gasteiger partial charge is 0.371 e. The van der Waals surface area contributed by atoms with E-state index in [9.17, 15) is 0 Å². The van der Waals surface area contributed by atoms with Gasteiger partial charge in [-0.05, 0) is 59.3 Å². The molecule has 0 atom stereocenters. The Balaban J connectivity index is 2.15. The maximum Gasteiger partial charge on any atom is 0.0510 e. The van der Waals surface area contributed by atoms with Crippen molar-refractivity contribution in [1.82, 2.24) is 0 Å². The van der Waals surface area contributed by atoms with Crippen molar-refractivity contribution >= 4 is 21.6 Å². The van der Waals surface area contributed by atoms with Crippen molar-refractivity contribution in [2.75, 3.05) is 18.0 Å². The van der Waals surface area contributed by atoms with Gasteiger partial charge >= 0.3 is 0 Å². The predicted molar refractivity (Wildman–Crippen MR) is 72.6 cm³/mol. The van der Waals surface area contributed by atoms with E-state index in [0.29, 0.717) is 6.54 Å². The summed E-state index contributed by atoms with van der Waals surface area (Å²) >= 11 is 3.64. The standard InChI is InChI=1S/C13H19BrN2/c1-2-16(9-10-3-4-10)13-6-5-11(8-15)7-12(13)14/h5-7,10H,2-4,8-9,15H2,1H3. The molecule has 0 saturated heterocycles. The van der Waals surface area contributed by atoms with Crippen molar-refractivity contribution in [1.29, 1.82) is 0 Å². The zero-order chi connectivity index (χ0) is 11.5. The zero-order valence-corrected chi connectivity index (χ0v) is 11.3. The van der Waals surface area contributed by atoms with Crippen LogP contribution in [-0.4, -0.2) is 13.1 Å². The average molecular weight is 283 g/mol. The van der Waals surface area contributed by atoms with Crippen LogP contribution in [0.5, 0.6) is 0 Å². The SMILES string of the molecule is CCN(CC1CC1)c1ccc(CN)cc1Br. The Morgan fingerprint density at radius 1 is 1.44 bits per heavy atom. The van der Waals surface area contributed by atoms with Gasteiger partial charge in [-0.3, -0.25) is 0 Å². The summed E-state index contributed by atoms with van der Waals surface area (Å²) in [4.78, 5) is 2.45. The van der Waals surface area contributed by atoms with Crippen molar-refractivity contribution in [2.24, 2.45) is 11.7 Å². The van der Waals surface area contributed by atoms with Crippen LogP contribution in [0.25, 0.3) is 0 Å². The highest BCUT2D eigenvalue weighted by molar-refractivity contribution is 9.10. The Morgan fingerprint density at radius 2 is 2.19 bits per heavy atom. The number of anilines is 1. The van der Waals surface area contributed by atoms with Crippen LogP contribution in [0.1, 0.15) is 25.3 Å². The van der Waals surface area contributed by atoms with Gasteiger partial charge in [0.05, 0.1) is 5.69 Å². The van der Waals surface area contributed by atoms with Crippen LogP contribution < -0.4 is 10.6 Å². The van der Waals surface area contributed by atoms with Crippen molar-refractivity contribution in [3.63, 3.8) is 0 Å². The first-order valence-electron chi connectivity index (χ1n) is 5.98. The second-order valence-electron chi connectivity index (χ2n) is 4.47. The van der Waals surface area contributed by atoms with Crippen LogP contribution in [0.3, 0.4) is 0 Å². The highest BCUT2D eigenvalue weighted by Gasteiger charge is 2.24. The van der Waals surface area contributed by atoms with E-state index in [2.05, 4.69) is 46.0 Å². The summed E-state index contributed by atoms with van der Waals surface area (Å²) < 4.78 is 1.16. The fourth-order valence-electron chi connectivity index (χ4n) is 1.94. The average Bonchev–Trinajstić information content (AvgIpc) is 3.10. The third kappa shape index (κ3) is 2.77. The van der Waals surface area contributed by atoms with Gasteiger partial charge in [-0.1, -0.05) is 6.07 Å². The fourth-order valence-corrected chi connectivity index (χ4v) is 2.62. The minimum absolute atomic E-state index is 0.605. The summed E-state index contributed by atoms with van der Waals surface area (Å²) in [6.07, 6.45) is 2.80. The lowest BCUT2D eigenvalue weighted by Crippen LogP contribution is -2.25. The van der Waals surface area contributed by atoms with E-state index in [1.54, 1.807) is 0 Å². The zero-order valence-electron chi connectivity index (χ0n) is 9.75. The molecule has 0 amide bonds. The van der Waals surface area contributed by atoms with Gasteiger partial charge in [0.1, 0.15) is 0 Å². The molecular formula is C13H19BrN2. The summed E-state index contributed by atoms with van der Waals surface area (Å²) in [7, 11) is 0. The maximum absolute atomic E-state index is 5.63. The van der Waals surface area contributed by atoms with Gasteiger partial charge in [0.15, 0.2) is 0 Å². The Bertz CT molecular complexity index is 361. The summed E-state index contributed by atoms with van der Waals surface area (Å²) in [5.74, 6) is 0.918. The monoisotopic (exact) mass is 282 g/mol. The van der Waals surface area contributed by atoms with Gasteiger partial charge in [0.25, 0.3) is 0 Å². The Morgan fingerprint density at radius 3 is 2.69 bits per heavy atom. The summed E-state index contributed by atoms with van der Waals surface area (Å²) in [6, 6.07) is 6.43.